The number of ether oxygens (including phenoxy) is 2. The molecule has 0 spiro atoms. The molecule has 8 heteroatoms. The van der Waals surface area contributed by atoms with Crippen molar-refractivity contribution < 1.29 is 23.0 Å². The molecule has 0 saturated carbocycles. The van der Waals surface area contributed by atoms with Gasteiger partial charge >= 0.3 is 6.61 Å². The standard InChI is InChI=1S/C13H15F2N3O3/c1-20-7-6-16-13-17-10(11(19)18-13)8-4-2-3-5-9(8)21-12(14)15/h2-5,10,12H,6-7H2,1H3,(H2,16,17,18,19). The van der Waals surface area contributed by atoms with Gasteiger partial charge in [-0.05, 0) is 6.07 Å². The number of hydrogen-bond acceptors (Lipinski definition) is 4. The molecule has 114 valence electrons. The minimum atomic E-state index is -2.95. The van der Waals surface area contributed by atoms with Crippen molar-refractivity contribution in [1.29, 1.82) is 0 Å². The Kier molecular flexibility index (Phi) is 5.04. The van der Waals surface area contributed by atoms with Gasteiger partial charge < -0.3 is 14.8 Å². The molecule has 1 fully saturated rings. The molecule has 1 saturated heterocycles. The maximum absolute atomic E-state index is 12.4. The molecule has 0 bridgehead atoms. The van der Waals surface area contributed by atoms with Crippen molar-refractivity contribution in [3.8, 4) is 5.75 Å². The summed E-state index contributed by atoms with van der Waals surface area (Å²) in [6.45, 7) is -2.16. The van der Waals surface area contributed by atoms with Crippen LogP contribution in [-0.2, 0) is 9.53 Å². The van der Waals surface area contributed by atoms with Crippen molar-refractivity contribution in [2.24, 2.45) is 4.99 Å². The predicted octanol–water partition coefficient (Wildman–Crippen LogP) is 1.05. The summed E-state index contributed by atoms with van der Waals surface area (Å²) >= 11 is 0. The van der Waals surface area contributed by atoms with Crippen LogP contribution in [0.2, 0.25) is 0 Å². The Morgan fingerprint density at radius 1 is 1.38 bits per heavy atom. The van der Waals surface area contributed by atoms with Crippen LogP contribution < -0.4 is 15.4 Å². The Balaban J connectivity index is 2.15. The number of aliphatic imine (C=N–C) groups is 1. The molecule has 1 aliphatic rings. The Labute approximate surface area is 120 Å². The van der Waals surface area contributed by atoms with Crippen molar-refractivity contribution in [3.05, 3.63) is 29.8 Å². The molecule has 1 atom stereocenters. The summed E-state index contributed by atoms with van der Waals surface area (Å²) in [5.41, 5.74) is 0.326. The Hall–Kier alpha value is -2.22. The highest BCUT2D eigenvalue weighted by molar-refractivity contribution is 6.07. The number of amides is 1. The molecular weight excluding hydrogens is 284 g/mol. The molecule has 21 heavy (non-hydrogen) atoms. The quantitative estimate of drug-likeness (QED) is 0.770. The fourth-order valence-corrected chi connectivity index (χ4v) is 1.90. The minimum absolute atomic E-state index is 0.0432. The number of carbonyl (C=O) groups excluding carboxylic acids is 1. The van der Waals surface area contributed by atoms with E-state index in [1.807, 2.05) is 0 Å². The first-order valence-electron chi connectivity index (χ1n) is 6.26. The fraction of sp³-hybridized carbons (Fsp3) is 0.385. The zero-order chi connectivity index (χ0) is 15.2. The van der Waals surface area contributed by atoms with Crippen molar-refractivity contribution in [1.82, 2.24) is 10.6 Å². The lowest BCUT2D eigenvalue weighted by Crippen LogP contribution is -2.26. The number of nitrogens with one attached hydrogen (secondary N) is 2. The highest BCUT2D eigenvalue weighted by atomic mass is 19.3. The number of guanidine groups is 1. The van der Waals surface area contributed by atoms with Gasteiger partial charge in [0.15, 0.2) is 5.96 Å². The zero-order valence-corrected chi connectivity index (χ0v) is 11.3. The average Bonchev–Trinajstić information content (AvgIpc) is 2.80. The highest BCUT2D eigenvalue weighted by Gasteiger charge is 2.32. The monoisotopic (exact) mass is 299 g/mol. The lowest BCUT2D eigenvalue weighted by Gasteiger charge is -2.14. The summed E-state index contributed by atoms with van der Waals surface area (Å²) in [4.78, 5) is 16.0. The van der Waals surface area contributed by atoms with Crippen LogP contribution in [-0.4, -0.2) is 38.7 Å². The van der Waals surface area contributed by atoms with Crippen LogP contribution in [0, 0.1) is 0 Å². The number of benzene rings is 1. The van der Waals surface area contributed by atoms with Gasteiger partial charge in [0.05, 0.1) is 13.2 Å². The first-order valence-corrected chi connectivity index (χ1v) is 6.26. The summed E-state index contributed by atoms with van der Waals surface area (Å²) in [5.74, 6) is -0.135. The van der Waals surface area contributed by atoms with E-state index in [1.165, 1.54) is 6.07 Å². The number of methoxy groups -OCH3 is 1. The SMILES string of the molecule is COCCN=C1NC(=O)C(c2ccccc2OC(F)F)N1. The third-order valence-corrected chi connectivity index (χ3v) is 2.80. The first-order chi connectivity index (χ1) is 10.1. The van der Waals surface area contributed by atoms with E-state index in [0.29, 0.717) is 18.7 Å². The molecule has 0 aliphatic carbocycles. The lowest BCUT2D eigenvalue weighted by molar-refractivity contribution is -0.120. The number of carbonyl (C=O) groups is 1. The van der Waals surface area contributed by atoms with Gasteiger partial charge in [-0.25, -0.2) is 0 Å². The highest BCUT2D eigenvalue weighted by Crippen LogP contribution is 2.28. The van der Waals surface area contributed by atoms with Crippen LogP contribution in [0.1, 0.15) is 11.6 Å². The Morgan fingerprint density at radius 2 is 2.14 bits per heavy atom. The number of halogens is 2. The number of para-hydroxylation sites is 1. The number of rotatable bonds is 6. The van der Waals surface area contributed by atoms with Crippen LogP contribution in [0.5, 0.6) is 5.75 Å². The van der Waals surface area contributed by atoms with Crippen molar-refractivity contribution in [2.75, 3.05) is 20.3 Å². The van der Waals surface area contributed by atoms with Crippen molar-refractivity contribution in [3.63, 3.8) is 0 Å². The van der Waals surface area contributed by atoms with Gasteiger partial charge in [-0.3, -0.25) is 15.1 Å². The van der Waals surface area contributed by atoms with Gasteiger partial charge in [-0.2, -0.15) is 8.78 Å². The average molecular weight is 299 g/mol. The van der Waals surface area contributed by atoms with E-state index >= 15 is 0 Å². The summed E-state index contributed by atoms with van der Waals surface area (Å²) in [6, 6.07) is 5.31. The molecule has 1 heterocycles. The summed E-state index contributed by atoms with van der Waals surface area (Å²) in [5, 5.41) is 5.38. The van der Waals surface area contributed by atoms with E-state index in [1.54, 1.807) is 25.3 Å². The van der Waals surface area contributed by atoms with E-state index in [4.69, 9.17) is 4.74 Å². The van der Waals surface area contributed by atoms with Crippen LogP contribution in [0.3, 0.4) is 0 Å². The number of alkyl halides is 2. The second-order valence-electron chi connectivity index (χ2n) is 4.21. The van der Waals surface area contributed by atoms with Gasteiger partial charge in [0.2, 0.25) is 0 Å². The molecule has 1 aromatic rings. The molecule has 0 aromatic heterocycles. The van der Waals surface area contributed by atoms with E-state index in [2.05, 4.69) is 20.4 Å². The normalized spacial score (nSPS) is 19.7. The predicted molar refractivity (Wildman–Crippen MR) is 71.3 cm³/mol. The Bertz CT molecular complexity index is 537. The van der Waals surface area contributed by atoms with Gasteiger partial charge in [-0.1, -0.05) is 18.2 Å². The van der Waals surface area contributed by atoms with E-state index in [0.717, 1.165) is 0 Å². The fourth-order valence-electron chi connectivity index (χ4n) is 1.90. The van der Waals surface area contributed by atoms with Crippen LogP contribution >= 0.6 is 0 Å². The zero-order valence-electron chi connectivity index (χ0n) is 11.3. The smallest absolute Gasteiger partial charge is 0.387 e. The Morgan fingerprint density at radius 3 is 2.86 bits per heavy atom. The lowest BCUT2D eigenvalue weighted by atomic mass is 10.1. The second kappa shape index (κ2) is 6.98. The van der Waals surface area contributed by atoms with Gasteiger partial charge in [0, 0.05) is 12.7 Å². The molecule has 1 amide bonds. The molecule has 1 aliphatic heterocycles. The summed E-state index contributed by atoms with van der Waals surface area (Å²) in [6.07, 6.45) is 0. The third kappa shape index (κ3) is 3.88. The number of hydrogen-bond donors (Lipinski definition) is 2. The van der Waals surface area contributed by atoms with Gasteiger partial charge in [0.25, 0.3) is 5.91 Å². The molecule has 2 N–H and O–H groups in total. The molecule has 1 aromatic carbocycles. The largest absolute Gasteiger partial charge is 0.434 e. The van der Waals surface area contributed by atoms with E-state index in [9.17, 15) is 13.6 Å². The maximum Gasteiger partial charge on any atom is 0.387 e. The van der Waals surface area contributed by atoms with Crippen molar-refractivity contribution in [2.45, 2.75) is 12.7 Å². The van der Waals surface area contributed by atoms with Gasteiger partial charge in [-0.15, -0.1) is 0 Å². The minimum Gasteiger partial charge on any atom is -0.434 e. The van der Waals surface area contributed by atoms with E-state index in [-0.39, 0.29) is 17.6 Å². The molecular formula is C13H15F2N3O3. The second-order valence-corrected chi connectivity index (χ2v) is 4.21. The summed E-state index contributed by atoms with van der Waals surface area (Å²) in [7, 11) is 1.54. The van der Waals surface area contributed by atoms with Gasteiger partial charge in [0.1, 0.15) is 11.8 Å². The molecule has 2 rings (SSSR count). The first kappa shape index (κ1) is 15.2. The summed E-state index contributed by atoms with van der Waals surface area (Å²) < 4.78 is 34.1. The topological polar surface area (TPSA) is 72.0 Å². The maximum atomic E-state index is 12.4. The molecule has 0 radical (unpaired) electrons. The molecule has 1 unspecified atom stereocenters. The van der Waals surface area contributed by atoms with Crippen LogP contribution in [0.25, 0.3) is 0 Å². The van der Waals surface area contributed by atoms with Crippen LogP contribution in [0.4, 0.5) is 8.78 Å². The third-order valence-electron chi connectivity index (χ3n) is 2.80. The number of nitrogens with zero attached hydrogens (tertiary/aromatic N) is 1. The molecule has 6 nitrogen and oxygen atoms in total. The van der Waals surface area contributed by atoms with Crippen molar-refractivity contribution >= 4 is 11.9 Å². The van der Waals surface area contributed by atoms with Crippen LogP contribution in [0.15, 0.2) is 29.3 Å². The van der Waals surface area contributed by atoms with E-state index < -0.39 is 12.7 Å².